The van der Waals surface area contributed by atoms with Gasteiger partial charge < -0.3 is 13.6 Å². The Hall–Kier alpha value is -2.27. The van der Waals surface area contributed by atoms with E-state index in [9.17, 15) is 4.79 Å². The first-order chi connectivity index (χ1) is 22.4. The molecule has 2 heterocycles. The molecule has 3 aromatic carbocycles. The lowest BCUT2D eigenvalue weighted by atomic mass is 9.68. The molecule has 0 aliphatic carbocycles. The van der Waals surface area contributed by atoms with Crippen LogP contribution in [0.25, 0.3) is 0 Å². The van der Waals surface area contributed by atoms with Gasteiger partial charge in [0.15, 0.2) is 19.7 Å². The van der Waals surface area contributed by atoms with Crippen molar-refractivity contribution in [3.8, 4) is 0 Å². The number of benzene rings is 3. The Kier molecular flexibility index (Phi) is 11.0. The molecule has 4 nitrogen and oxygen atoms in total. The second-order valence-corrected chi connectivity index (χ2v) is 24.9. The number of hydrogen-bond acceptors (Lipinski definition) is 5. The molecule has 0 unspecified atom stereocenters. The molecule has 2 fully saturated rings. The lowest BCUT2D eigenvalue weighted by Gasteiger charge is -2.47. The Morgan fingerprint density at radius 1 is 0.872 bits per heavy atom. The summed E-state index contributed by atoms with van der Waals surface area (Å²) in [6, 6.07) is 35.0. The van der Waals surface area contributed by atoms with Crippen LogP contribution in [0, 0.1) is 5.41 Å². The quantitative estimate of drug-likeness (QED) is 0.0964. The summed E-state index contributed by atoms with van der Waals surface area (Å²) in [5.41, 5.74) is -1.80. The fraction of sp³-hybridized carbons (Fsp3) is 0.475. The molecular formula is C40H54O4SSi2. The van der Waals surface area contributed by atoms with Crippen LogP contribution in [0.15, 0.2) is 108 Å². The smallest absolute Gasteiger partial charge is 0.261 e. The summed E-state index contributed by atoms with van der Waals surface area (Å²) in [7, 11) is -5.00. The van der Waals surface area contributed by atoms with Gasteiger partial charge in [0.1, 0.15) is 0 Å². The van der Waals surface area contributed by atoms with Crippen molar-refractivity contribution in [1.82, 2.24) is 0 Å². The summed E-state index contributed by atoms with van der Waals surface area (Å²) < 4.78 is 22.1. The number of ketones is 1. The molecule has 0 radical (unpaired) electrons. The summed E-state index contributed by atoms with van der Waals surface area (Å²) in [6.07, 6.45) is 3.75. The Labute approximate surface area is 290 Å². The second kappa shape index (κ2) is 14.3. The predicted octanol–water partition coefficient (Wildman–Crippen LogP) is 8.81. The van der Waals surface area contributed by atoms with Crippen LogP contribution in [0.4, 0.5) is 0 Å². The molecule has 7 heteroatoms. The number of fused-ring (bicyclic) bond motifs is 2. The number of hydrogen-bond donors (Lipinski definition) is 0. The third-order valence-corrected chi connectivity index (χ3v) is 21.4. The molecule has 0 saturated carbocycles. The van der Waals surface area contributed by atoms with Crippen LogP contribution in [0.3, 0.4) is 0 Å². The molecule has 3 aromatic rings. The summed E-state index contributed by atoms with van der Waals surface area (Å²) >= 11 is 1.79. The van der Waals surface area contributed by atoms with Gasteiger partial charge in [-0.2, -0.15) is 0 Å². The third-order valence-electron chi connectivity index (χ3n) is 10.8. The Morgan fingerprint density at radius 2 is 1.38 bits per heavy atom. The number of thioether (sulfide) groups is 1. The van der Waals surface area contributed by atoms with E-state index in [2.05, 4.69) is 152 Å². The zero-order valence-electron chi connectivity index (χ0n) is 29.6. The minimum atomic E-state index is -2.89. The molecule has 0 N–H and O–H groups in total. The van der Waals surface area contributed by atoms with Crippen LogP contribution in [-0.4, -0.2) is 52.1 Å². The molecule has 47 heavy (non-hydrogen) atoms. The minimum Gasteiger partial charge on any atom is -0.407 e. The van der Waals surface area contributed by atoms with Gasteiger partial charge in [0.25, 0.3) is 8.32 Å². The third kappa shape index (κ3) is 6.69. The number of rotatable bonds is 14. The normalized spacial score (nSPS) is 23.4. The van der Waals surface area contributed by atoms with Gasteiger partial charge in [-0.15, -0.1) is 11.8 Å². The van der Waals surface area contributed by atoms with Gasteiger partial charge in [-0.1, -0.05) is 146 Å². The molecule has 2 aliphatic rings. The fourth-order valence-corrected chi connectivity index (χ4v) is 16.2. The highest BCUT2D eigenvalue weighted by molar-refractivity contribution is 7.99. The summed E-state index contributed by atoms with van der Waals surface area (Å²) in [5, 5.41) is 2.29. The van der Waals surface area contributed by atoms with E-state index < -0.39 is 33.8 Å². The van der Waals surface area contributed by atoms with Gasteiger partial charge in [0.05, 0.1) is 23.7 Å². The second-order valence-electron chi connectivity index (χ2n) is 14.8. The molecule has 252 valence electrons. The molecule has 0 aromatic heterocycles. The zero-order chi connectivity index (χ0) is 33.9. The lowest BCUT2D eigenvalue weighted by Crippen LogP contribution is -2.69. The monoisotopic (exact) mass is 686 g/mol. The van der Waals surface area contributed by atoms with Crippen LogP contribution in [-0.2, 0) is 18.4 Å². The number of carbonyl (C=O) groups is 1. The standard InChI is InChI=1S/C40H54O4SSi2/c1-9-46(10-2,11-3)44-35(28-21-29-45-31-22-15-12-16-23-31)40-30-34(36(42-40)39(7,8)37(40)41)43-47(38(4,5)6,32-24-17-13-18-25-32)33-26-19-14-20-27-33/h12-28,34-36H,9-11,29-30H2,1-8H3/b28-21+/t34-,35-,36-,40-/m0/s1. The van der Waals surface area contributed by atoms with Gasteiger partial charge in [-0.3, -0.25) is 4.79 Å². The molecule has 0 spiro atoms. The van der Waals surface area contributed by atoms with Crippen molar-refractivity contribution in [2.24, 2.45) is 5.41 Å². The largest absolute Gasteiger partial charge is 0.407 e. The van der Waals surface area contributed by atoms with Crippen molar-refractivity contribution in [2.45, 2.75) is 114 Å². The molecule has 5 rings (SSSR count). The zero-order valence-corrected chi connectivity index (χ0v) is 32.4. The first-order valence-corrected chi connectivity index (χ1v) is 22.9. The fourth-order valence-electron chi connectivity index (χ4n) is 7.92. The molecule has 4 atom stereocenters. The van der Waals surface area contributed by atoms with Crippen LogP contribution in [0.2, 0.25) is 23.2 Å². The Morgan fingerprint density at radius 3 is 1.87 bits per heavy atom. The first kappa shape index (κ1) is 36.0. The van der Waals surface area contributed by atoms with E-state index in [1.807, 2.05) is 6.07 Å². The highest BCUT2D eigenvalue weighted by Gasteiger charge is 2.71. The van der Waals surface area contributed by atoms with Crippen molar-refractivity contribution in [3.05, 3.63) is 103 Å². The highest BCUT2D eigenvalue weighted by atomic mass is 32.2. The SMILES string of the molecule is CC[Si](CC)(CC)O[C@@H](/C=C/CSc1ccccc1)[C@]12C[C@H](O[Si](c3ccccc3)(c3ccccc3)C(C)(C)C)[C@H](O1)C(C)(C)C2=O. The van der Waals surface area contributed by atoms with Gasteiger partial charge >= 0.3 is 0 Å². The number of carbonyl (C=O) groups excluding carboxylic acids is 1. The minimum absolute atomic E-state index is 0.147. The van der Waals surface area contributed by atoms with Crippen molar-refractivity contribution >= 4 is 44.6 Å². The molecule has 2 aliphatic heterocycles. The maximum Gasteiger partial charge on any atom is 0.261 e. The topological polar surface area (TPSA) is 44.8 Å². The van der Waals surface area contributed by atoms with Crippen molar-refractivity contribution in [2.75, 3.05) is 5.75 Å². The van der Waals surface area contributed by atoms with Gasteiger partial charge in [-0.25, -0.2) is 0 Å². The van der Waals surface area contributed by atoms with Crippen LogP contribution in [0.5, 0.6) is 0 Å². The van der Waals surface area contributed by atoms with E-state index in [4.69, 9.17) is 13.6 Å². The van der Waals surface area contributed by atoms with Gasteiger partial charge in [0.2, 0.25) is 0 Å². The molecule has 0 amide bonds. The van der Waals surface area contributed by atoms with Crippen molar-refractivity contribution < 1.29 is 18.4 Å². The Balaban J connectivity index is 1.57. The first-order valence-electron chi connectivity index (χ1n) is 17.4. The summed E-state index contributed by atoms with van der Waals surface area (Å²) in [5.74, 6) is 0.941. The average Bonchev–Trinajstić information content (AvgIpc) is 3.56. The van der Waals surface area contributed by atoms with Gasteiger partial charge in [0, 0.05) is 17.1 Å². The highest BCUT2D eigenvalue weighted by Crippen LogP contribution is 2.56. The molecular weight excluding hydrogens is 633 g/mol. The maximum atomic E-state index is 14.6. The number of Topliss-reactive ketones (excluding diaryl/α,β-unsaturated/α-hetero) is 1. The summed E-state index contributed by atoms with van der Waals surface area (Å²) in [6.45, 7) is 17.8. The average molecular weight is 687 g/mol. The molecule has 2 bridgehead atoms. The van der Waals surface area contributed by atoms with Crippen LogP contribution in [0.1, 0.15) is 61.8 Å². The van der Waals surface area contributed by atoms with E-state index in [0.29, 0.717) is 6.42 Å². The maximum absolute atomic E-state index is 14.6. The van der Waals surface area contributed by atoms with E-state index in [1.165, 1.54) is 15.3 Å². The Bertz CT molecular complexity index is 1450. The van der Waals surface area contributed by atoms with E-state index >= 15 is 0 Å². The predicted molar refractivity (Wildman–Crippen MR) is 202 cm³/mol. The van der Waals surface area contributed by atoms with Crippen LogP contribution < -0.4 is 10.4 Å². The van der Waals surface area contributed by atoms with E-state index in [-0.39, 0.29) is 23.0 Å². The molecule has 2 saturated heterocycles. The van der Waals surface area contributed by atoms with E-state index in [0.717, 1.165) is 23.9 Å². The number of ether oxygens (including phenoxy) is 1. The van der Waals surface area contributed by atoms with Crippen molar-refractivity contribution in [3.63, 3.8) is 0 Å². The van der Waals surface area contributed by atoms with Crippen molar-refractivity contribution in [1.29, 1.82) is 0 Å². The van der Waals surface area contributed by atoms with E-state index in [1.54, 1.807) is 11.8 Å². The van der Waals surface area contributed by atoms with Gasteiger partial charge in [-0.05, 0) is 45.7 Å². The lowest BCUT2D eigenvalue weighted by molar-refractivity contribution is -0.141. The summed E-state index contributed by atoms with van der Waals surface area (Å²) in [4.78, 5) is 15.9. The van der Waals surface area contributed by atoms with Crippen LogP contribution >= 0.6 is 11.8 Å².